The van der Waals surface area contributed by atoms with Gasteiger partial charge >= 0.3 is 0 Å². The van der Waals surface area contributed by atoms with E-state index in [1.54, 1.807) is 0 Å². The van der Waals surface area contributed by atoms with Gasteiger partial charge in [0.05, 0.1) is 16.5 Å². The van der Waals surface area contributed by atoms with Crippen molar-refractivity contribution in [1.82, 2.24) is 5.32 Å². The summed E-state index contributed by atoms with van der Waals surface area (Å²) in [5.74, 6) is -0.675. The van der Waals surface area contributed by atoms with E-state index in [2.05, 4.69) is 5.32 Å². The first-order chi connectivity index (χ1) is 9.35. The van der Waals surface area contributed by atoms with Gasteiger partial charge in [-0.15, -0.1) is 0 Å². The summed E-state index contributed by atoms with van der Waals surface area (Å²) in [6.07, 6.45) is 0.413. The normalized spacial score (nSPS) is 20.6. The van der Waals surface area contributed by atoms with E-state index in [0.29, 0.717) is 6.42 Å². The molecule has 1 aromatic rings. The monoisotopic (exact) mass is 321 g/mol. The van der Waals surface area contributed by atoms with Crippen molar-refractivity contribution in [3.05, 3.63) is 29.0 Å². The fourth-order valence-corrected chi connectivity index (χ4v) is 3.74. The van der Waals surface area contributed by atoms with Crippen molar-refractivity contribution < 1.29 is 22.3 Å². The van der Waals surface area contributed by atoms with Crippen LogP contribution in [0.25, 0.3) is 0 Å². The highest BCUT2D eigenvalue weighted by molar-refractivity contribution is 7.91. The molecule has 20 heavy (non-hydrogen) atoms. The average molecular weight is 322 g/mol. The van der Waals surface area contributed by atoms with Gasteiger partial charge in [0.2, 0.25) is 0 Å². The highest BCUT2D eigenvalue weighted by Gasteiger charge is 2.28. The Hall–Kier alpha value is -1.34. The topological polar surface area (TPSA) is 72.5 Å². The Labute approximate surface area is 121 Å². The molecule has 0 saturated carbocycles. The van der Waals surface area contributed by atoms with E-state index in [0.717, 1.165) is 6.07 Å². The van der Waals surface area contributed by atoms with Crippen LogP contribution in [0.15, 0.2) is 18.2 Å². The second-order valence-electron chi connectivity index (χ2n) is 4.53. The molecule has 0 aromatic heterocycles. The first-order valence-electron chi connectivity index (χ1n) is 5.93. The largest absolute Gasteiger partial charge is 0.484 e. The molecule has 110 valence electrons. The lowest BCUT2D eigenvalue weighted by Gasteiger charge is -2.11. The Morgan fingerprint density at radius 1 is 1.50 bits per heavy atom. The highest BCUT2D eigenvalue weighted by atomic mass is 35.5. The van der Waals surface area contributed by atoms with E-state index < -0.39 is 21.6 Å². The molecule has 1 aliphatic rings. The second-order valence-corrected chi connectivity index (χ2v) is 7.17. The van der Waals surface area contributed by atoms with Crippen molar-refractivity contribution in [1.29, 1.82) is 0 Å². The lowest BCUT2D eigenvalue weighted by atomic mass is 10.2. The number of nitrogens with one attached hydrogen (secondary N) is 1. The van der Waals surface area contributed by atoms with Crippen LogP contribution in [0.2, 0.25) is 5.02 Å². The third kappa shape index (κ3) is 4.08. The number of hydrogen-bond acceptors (Lipinski definition) is 4. The molecule has 1 atom stereocenters. The quantitative estimate of drug-likeness (QED) is 0.903. The van der Waals surface area contributed by atoms with E-state index in [-0.39, 0.29) is 34.9 Å². The Morgan fingerprint density at radius 3 is 2.85 bits per heavy atom. The van der Waals surface area contributed by atoms with Gasteiger partial charge in [0.1, 0.15) is 11.6 Å². The van der Waals surface area contributed by atoms with E-state index in [1.807, 2.05) is 0 Å². The number of carbonyl (C=O) groups excluding carboxylic acids is 1. The molecular formula is C12H13ClFNO4S. The van der Waals surface area contributed by atoms with E-state index in [4.69, 9.17) is 16.3 Å². The fourth-order valence-electron chi connectivity index (χ4n) is 1.89. The maximum absolute atomic E-state index is 12.9. The average Bonchev–Trinajstić information content (AvgIpc) is 2.70. The van der Waals surface area contributed by atoms with Crippen LogP contribution in [0, 0.1) is 5.82 Å². The molecule has 1 unspecified atom stereocenters. The number of sulfone groups is 1. The first kappa shape index (κ1) is 15.1. The van der Waals surface area contributed by atoms with Crippen LogP contribution < -0.4 is 10.1 Å². The number of carbonyl (C=O) groups is 1. The summed E-state index contributed by atoms with van der Waals surface area (Å²) in [7, 11) is -3.03. The van der Waals surface area contributed by atoms with E-state index >= 15 is 0 Å². The molecule has 0 bridgehead atoms. The molecule has 1 aromatic carbocycles. The molecule has 1 amide bonds. The molecular weight excluding hydrogens is 309 g/mol. The standard InChI is InChI=1S/C12H13ClFNO4S/c13-10-5-9(1-2-11(10)14)19-6-12(16)15-8-3-4-20(17,18)7-8/h1-2,5,8H,3-4,6-7H2,(H,15,16). The predicted octanol–water partition coefficient (Wildman–Crippen LogP) is 1.16. The van der Waals surface area contributed by atoms with Gasteiger partial charge in [0, 0.05) is 12.1 Å². The predicted molar refractivity (Wildman–Crippen MR) is 72.1 cm³/mol. The molecule has 5 nitrogen and oxygen atoms in total. The summed E-state index contributed by atoms with van der Waals surface area (Å²) >= 11 is 5.58. The van der Waals surface area contributed by atoms with Crippen LogP contribution in [0.1, 0.15) is 6.42 Å². The number of rotatable bonds is 4. The molecule has 0 aliphatic carbocycles. The fraction of sp³-hybridized carbons (Fsp3) is 0.417. The Bertz CT molecular complexity index is 620. The van der Waals surface area contributed by atoms with Crippen molar-refractivity contribution in [2.75, 3.05) is 18.1 Å². The molecule has 0 radical (unpaired) electrons. The van der Waals surface area contributed by atoms with Crippen LogP contribution in [-0.4, -0.2) is 38.5 Å². The van der Waals surface area contributed by atoms with Crippen LogP contribution in [0.5, 0.6) is 5.75 Å². The summed E-state index contributed by atoms with van der Waals surface area (Å²) in [6, 6.07) is 3.39. The van der Waals surface area contributed by atoms with Crippen LogP contribution in [-0.2, 0) is 14.6 Å². The van der Waals surface area contributed by atoms with Crippen molar-refractivity contribution in [3.63, 3.8) is 0 Å². The lowest BCUT2D eigenvalue weighted by Crippen LogP contribution is -2.38. The Balaban J connectivity index is 1.82. The second kappa shape index (κ2) is 5.97. The van der Waals surface area contributed by atoms with E-state index in [9.17, 15) is 17.6 Å². The minimum absolute atomic E-state index is 0.0406. The summed E-state index contributed by atoms with van der Waals surface area (Å²) in [5.41, 5.74) is 0. The zero-order valence-electron chi connectivity index (χ0n) is 10.4. The molecule has 1 saturated heterocycles. The Kier molecular flexibility index (Phi) is 4.49. The molecule has 8 heteroatoms. The summed E-state index contributed by atoms with van der Waals surface area (Å²) in [4.78, 5) is 11.6. The molecule has 0 spiro atoms. The molecule has 1 fully saturated rings. The SMILES string of the molecule is O=C(COc1ccc(F)c(Cl)c1)NC1CCS(=O)(=O)C1. The smallest absolute Gasteiger partial charge is 0.258 e. The third-order valence-corrected chi connectivity index (χ3v) is 4.92. The van der Waals surface area contributed by atoms with Crippen LogP contribution in [0.3, 0.4) is 0 Å². The van der Waals surface area contributed by atoms with Gasteiger partial charge in [0.15, 0.2) is 16.4 Å². The first-order valence-corrected chi connectivity index (χ1v) is 8.13. The highest BCUT2D eigenvalue weighted by Crippen LogP contribution is 2.21. The van der Waals surface area contributed by atoms with Crippen molar-refractivity contribution in [3.8, 4) is 5.75 Å². The number of benzene rings is 1. The van der Waals surface area contributed by atoms with Crippen molar-refractivity contribution in [2.24, 2.45) is 0 Å². The van der Waals surface area contributed by atoms with Gasteiger partial charge in [-0.3, -0.25) is 4.79 Å². The minimum Gasteiger partial charge on any atom is -0.484 e. The summed E-state index contributed by atoms with van der Waals surface area (Å²) in [5, 5.41) is 2.49. The zero-order valence-corrected chi connectivity index (χ0v) is 12.0. The molecule has 1 heterocycles. The van der Waals surface area contributed by atoms with Crippen LogP contribution >= 0.6 is 11.6 Å². The van der Waals surface area contributed by atoms with Gasteiger partial charge in [-0.25, -0.2) is 12.8 Å². The molecule has 1 aliphatic heterocycles. The molecule has 2 rings (SSSR count). The van der Waals surface area contributed by atoms with Gasteiger partial charge in [-0.05, 0) is 18.6 Å². The maximum Gasteiger partial charge on any atom is 0.258 e. The number of hydrogen-bond donors (Lipinski definition) is 1. The van der Waals surface area contributed by atoms with Crippen LogP contribution in [0.4, 0.5) is 4.39 Å². The zero-order chi connectivity index (χ0) is 14.8. The number of halogens is 2. The van der Waals surface area contributed by atoms with Gasteiger partial charge in [-0.1, -0.05) is 11.6 Å². The lowest BCUT2D eigenvalue weighted by molar-refractivity contribution is -0.123. The van der Waals surface area contributed by atoms with Gasteiger partial charge in [-0.2, -0.15) is 0 Å². The summed E-state index contributed by atoms with van der Waals surface area (Å²) < 4.78 is 40.5. The maximum atomic E-state index is 12.9. The van der Waals surface area contributed by atoms with Crippen molar-refractivity contribution in [2.45, 2.75) is 12.5 Å². The third-order valence-electron chi connectivity index (χ3n) is 2.86. The van der Waals surface area contributed by atoms with Gasteiger partial charge < -0.3 is 10.1 Å². The molecule has 1 N–H and O–H groups in total. The number of ether oxygens (including phenoxy) is 1. The van der Waals surface area contributed by atoms with Gasteiger partial charge in [0.25, 0.3) is 5.91 Å². The number of amides is 1. The minimum atomic E-state index is -3.03. The van der Waals surface area contributed by atoms with E-state index in [1.165, 1.54) is 12.1 Å². The Morgan fingerprint density at radius 2 is 2.25 bits per heavy atom. The van der Waals surface area contributed by atoms with Crippen molar-refractivity contribution >= 4 is 27.3 Å². The summed E-state index contributed by atoms with van der Waals surface area (Å²) in [6.45, 7) is -0.279.